The van der Waals surface area contributed by atoms with E-state index >= 15 is 0 Å². The zero-order valence-electron chi connectivity index (χ0n) is 23.1. The number of benzene rings is 2. The van der Waals surface area contributed by atoms with Gasteiger partial charge >= 0.3 is 12.1 Å². The second-order valence-corrected chi connectivity index (χ2v) is 9.45. The summed E-state index contributed by atoms with van der Waals surface area (Å²) >= 11 is 0. The van der Waals surface area contributed by atoms with Crippen LogP contribution in [0.2, 0.25) is 0 Å². The van der Waals surface area contributed by atoms with Crippen molar-refractivity contribution in [1.82, 2.24) is 15.2 Å². The Balaban J connectivity index is 1.50. The molecule has 12 nitrogen and oxygen atoms in total. The predicted octanol–water partition coefficient (Wildman–Crippen LogP) is 3.40. The molecule has 1 aliphatic rings. The van der Waals surface area contributed by atoms with Crippen LogP contribution in [0.3, 0.4) is 0 Å². The minimum absolute atomic E-state index is 0.0488. The second kappa shape index (κ2) is 14.1. The van der Waals surface area contributed by atoms with Crippen LogP contribution in [0.4, 0.5) is 4.79 Å². The van der Waals surface area contributed by atoms with Crippen LogP contribution in [0.25, 0.3) is 0 Å². The van der Waals surface area contributed by atoms with E-state index in [1.54, 1.807) is 18.2 Å². The van der Waals surface area contributed by atoms with Gasteiger partial charge in [0.2, 0.25) is 0 Å². The first-order valence-corrected chi connectivity index (χ1v) is 13.1. The molecule has 2 atom stereocenters. The molecule has 0 aliphatic carbocycles. The van der Waals surface area contributed by atoms with Crippen molar-refractivity contribution in [2.75, 3.05) is 34.1 Å². The molecule has 0 radical (unpaired) electrons. The first kappa shape index (κ1) is 30.0. The summed E-state index contributed by atoms with van der Waals surface area (Å²) < 4.78 is 21.5. The molecule has 1 aliphatic heterocycles. The first-order valence-electron chi connectivity index (χ1n) is 13.1. The van der Waals surface area contributed by atoms with Gasteiger partial charge < -0.3 is 34.3 Å². The molecule has 3 aromatic rings. The van der Waals surface area contributed by atoms with Crippen molar-refractivity contribution in [1.29, 1.82) is 0 Å². The number of hydrogen-bond donors (Lipinski definition) is 2. The number of aromatic nitrogens is 1. The summed E-state index contributed by atoms with van der Waals surface area (Å²) in [5.41, 5.74) is 1.09. The molecule has 1 fully saturated rings. The van der Waals surface area contributed by atoms with Gasteiger partial charge in [0.1, 0.15) is 17.6 Å². The van der Waals surface area contributed by atoms with Crippen LogP contribution in [0.5, 0.6) is 11.5 Å². The van der Waals surface area contributed by atoms with Gasteiger partial charge in [-0.1, -0.05) is 12.1 Å². The van der Waals surface area contributed by atoms with Crippen LogP contribution < -0.4 is 14.8 Å². The molecule has 2 amide bonds. The molecule has 2 N–H and O–H groups in total. The van der Waals surface area contributed by atoms with E-state index in [0.717, 1.165) is 0 Å². The number of methoxy groups -OCH3 is 2. The Bertz CT molecular complexity index is 1410. The van der Waals surface area contributed by atoms with Gasteiger partial charge in [-0.3, -0.25) is 14.6 Å². The molecule has 2 aromatic carbocycles. The van der Waals surface area contributed by atoms with Crippen molar-refractivity contribution in [3.8, 4) is 11.5 Å². The fraction of sp³-hybridized carbons (Fsp3) is 0.300. The van der Waals surface area contributed by atoms with E-state index in [-0.39, 0.29) is 36.8 Å². The maximum atomic E-state index is 13.3. The summed E-state index contributed by atoms with van der Waals surface area (Å²) in [7, 11) is 2.96. The van der Waals surface area contributed by atoms with Gasteiger partial charge in [0, 0.05) is 43.7 Å². The third-order valence-electron chi connectivity index (χ3n) is 6.72. The number of carboxylic acid groups (broad SMARTS) is 1. The lowest BCUT2D eigenvalue weighted by molar-refractivity contribution is 0.0179. The third kappa shape index (κ3) is 7.40. The van der Waals surface area contributed by atoms with Crippen molar-refractivity contribution >= 4 is 23.8 Å². The maximum Gasteiger partial charge on any atom is 0.407 e. The minimum Gasteiger partial charge on any atom is -0.497 e. The van der Waals surface area contributed by atoms with Crippen LogP contribution >= 0.6 is 0 Å². The van der Waals surface area contributed by atoms with E-state index in [9.17, 15) is 24.3 Å². The number of amides is 2. The average Bonchev–Trinajstić information content (AvgIpc) is 3.22. The third-order valence-corrected chi connectivity index (χ3v) is 6.72. The number of nitrogens with zero attached hydrogens (tertiary/aromatic N) is 2. The molecule has 0 saturated carbocycles. The molecule has 220 valence electrons. The summed E-state index contributed by atoms with van der Waals surface area (Å²) in [6, 6.07) is 13.0. The number of rotatable bonds is 10. The number of pyridine rings is 1. The summed E-state index contributed by atoms with van der Waals surface area (Å²) in [6.45, 7) is 0.139. The number of esters is 1. The lowest BCUT2D eigenvalue weighted by Gasteiger charge is -2.28. The van der Waals surface area contributed by atoms with Crippen molar-refractivity contribution < 1.29 is 43.2 Å². The largest absolute Gasteiger partial charge is 0.497 e. The molecular formula is C30H31N3O9. The second-order valence-electron chi connectivity index (χ2n) is 9.45. The summed E-state index contributed by atoms with van der Waals surface area (Å²) in [5.74, 6) is -0.675. The number of hydrogen-bond acceptors (Lipinski definition) is 9. The topological polar surface area (TPSA) is 154 Å². The summed E-state index contributed by atoms with van der Waals surface area (Å²) in [4.78, 5) is 56.1. The van der Waals surface area contributed by atoms with Gasteiger partial charge in [0.25, 0.3) is 5.91 Å². The molecule has 0 spiro atoms. The Morgan fingerprint density at radius 1 is 0.976 bits per heavy atom. The van der Waals surface area contributed by atoms with Crippen molar-refractivity contribution in [2.24, 2.45) is 0 Å². The van der Waals surface area contributed by atoms with E-state index in [1.165, 1.54) is 67.9 Å². The van der Waals surface area contributed by atoms with Gasteiger partial charge in [0.15, 0.2) is 12.6 Å². The first-order chi connectivity index (χ1) is 20.3. The Hall–Kier alpha value is -4.97. The highest BCUT2D eigenvalue weighted by Crippen LogP contribution is 2.27. The number of likely N-dealkylation sites (tertiary alicyclic amines) is 1. The number of ether oxygens (including phenoxy) is 4. The molecule has 2 heterocycles. The fourth-order valence-corrected chi connectivity index (χ4v) is 4.52. The van der Waals surface area contributed by atoms with Gasteiger partial charge in [-0.15, -0.1) is 0 Å². The number of carbonyl (C=O) groups excluding carboxylic acids is 3. The van der Waals surface area contributed by atoms with Crippen molar-refractivity contribution in [3.05, 3.63) is 89.2 Å². The summed E-state index contributed by atoms with van der Waals surface area (Å²) in [5, 5.41) is 12.4. The average molecular weight is 578 g/mol. The molecule has 12 heteroatoms. The molecular weight excluding hydrogens is 546 g/mol. The molecule has 0 bridgehead atoms. The smallest absolute Gasteiger partial charge is 0.407 e. The van der Waals surface area contributed by atoms with Gasteiger partial charge in [-0.05, 0) is 55.3 Å². The van der Waals surface area contributed by atoms with Gasteiger partial charge in [-0.25, -0.2) is 9.59 Å². The molecule has 0 unspecified atom stereocenters. The minimum atomic E-state index is -1.13. The quantitative estimate of drug-likeness (QED) is 0.208. The van der Waals surface area contributed by atoms with Crippen molar-refractivity contribution in [3.63, 3.8) is 0 Å². The predicted molar refractivity (Wildman–Crippen MR) is 149 cm³/mol. The van der Waals surface area contributed by atoms with Crippen LogP contribution in [0.15, 0.2) is 67.0 Å². The highest BCUT2D eigenvalue weighted by Gasteiger charge is 2.33. The lowest BCUT2D eigenvalue weighted by Crippen LogP contribution is -2.51. The number of ketones is 1. The van der Waals surface area contributed by atoms with E-state index in [4.69, 9.17) is 18.9 Å². The van der Waals surface area contributed by atoms with Crippen LogP contribution in [-0.2, 0) is 9.47 Å². The Kier molecular flexibility index (Phi) is 10.1. The fourth-order valence-electron chi connectivity index (χ4n) is 4.52. The SMILES string of the molecule is COCOc1ccc(OC)cc1C(=O)c1ccc(C(=O)O[C@@H]2CCCN(C(=O)O)C[C@H]2NC(=O)c2ccncc2)cc1. The molecule has 42 heavy (non-hydrogen) atoms. The molecule has 4 rings (SSSR count). The Morgan fingerprint density at radius 3 is 2.36 bits per heavy atom. The normalized spacial score (nSPS) is 16.6. The van der Waals surface area contributed by atoms with Crippen LogP contribution in [-0.4, -0.2) is 85.0 Å². The van der Waals surface area contributed by atoms with E-state index in [1.807, 2.05) is 0 Å². The van der Waals surface area contributed by atoms with Crippen molar-refractivity contribution in [2.45, 2.75) is 25.0 Å². The zero-order valence-corrected chi connectivity index (χ0v) is 23.1. The molecule has 1 aromatic heterocycles. The van der Waals surface area contributed by atoms with Crippen LogP contribution in [0.1, 0.15) is 49.5 Å². The Morgan fingerprint density at radius 2 is 1.69 bits per heavy atom. The zero-order chi connectivity index (χ0) is 30.1. The monoisotopic (exact) mass is 577 g/mol. The molecule has 1 saturated heterocycles. The lowest BCUT2D eigenvalue weighted by atomic mass is 10.0. The standard InChI is InChI=1S/C30H31N3O9/c1-39-18-41-25-10-9-22(40-2)16-23(25)27(34)19-5-7-21(8-6-19)29(36)42-26-4-3-15-33(30(37)38)17-24(26)32-28(35)20-11-13-31-14-12-20/h5-14,16,24,26H,3-4,15,17-18H2,1-2H3,(H,32,35)(H,37,38)/t24-,26-/m1/s1. The van der Waals surface area contributed by atoms with Gasteiger partial charge in [0.05, 0.1) is 24.3 Å². The highest BCUT2D eigenvalue weighted by atomic mass is 16.7. The summed E-state index contributed by atoms with van der Waals surface area (Å²) in [6.07, 6.45) is 1.81. The highest BCUT2D eigenvalue weighted by molar-refractivity contribution is 6.11. The van der Waals surface area contributed by atoms with E-state index in [0.29, 0.717) is 35.5 Å². The van der Waals surface area contributed by atoms with Crippen LogP contribution in [0, 0.1) is 0 Å². The maximum absolute atomic E-state index is 13.3. The van der Waals surface area contributed by atoms with E-state index in [2.05, 4.69) is 10.3 Å². The van der Waals surface area contributed by atoms with Gasteiger partial charge in [-0.2, -0.15) is 0 Å². The number of carbonyl (C=O) groups is 4. The Labute approximate surface area is 242 Å². The number of nitrogens with one attached hydrogen (secondary N) is 1. The van der Waals surface area contributed by atoms with E-state index < -0.39 is 30.1 Å².